The lowest BCUT2D eigenvalue weighted by molar-refractivity contribution is 0.0368. The van der Waals surface area contributed by atoms with Gasteiger partial charge < -0.3 is 9.47 Å². The van der Waals surface area contributed by atoms with Crippen LogP contribution in [0.2, 0.25) is 0 Å². The summed E-state index contributed by atoms with van der Waals surface area (Å²) in [6.45, 7) is 6.65. The van der Waals surface area contributed by atoms with Crippen LogP contribution in [0.15, 0.2) is 58.5 Å². The molecule has 4 rings (SSSR count). The largest absolute Gasteiger partial charge is 0.497 e. The number of ketones is 1. The topological polar surface area (TPSA) is 73.7 Å². The second-order valence-electron chi connectivity index (χ2n) is 8.03. The third-order valence-corrected chi connectivity index (χ3v) is 6.90. The Balaban J connectivity index is 1.55. The highest BCUT2D eigenvalue weighted by Gasteiger charge is 2.21. The zero-order chi connectivity index (χ0) is 23.2. The summed E-state index contributed by atoms with van der Waals surface area (Å²) in [5, 5.41) is 0.786. The van der Waals surface area contributed by atoms with Gasteiger partial charge in [0, 0.05) is 31.7 Å². The van der Waals surface area contributed by atoms with Gasteiger partial charge >= 0.3 is 0 Å². The lowest BCUT2D eigenvalue weighted by Crippen LogP contribution is -2.37. The van der Waals surface area contributed by atoms with Crippen molar-refractivity contribution in [1.29, 1.82) is 0 Å². The minimum atomic E-state index is -0.392. The zero-order valence-electron chi connectivity index (χ0n) is 19.0. The normalized spacial score (nSPS) is 15.5. The van der Waals surface area contributed by atoms with Gasteiger partial charge in [0.1, 0.15) is 5.75 Å². The van der Waals surface area contributed by atoms with Crippen molar-refractivity contribution in [2.24, 2.45) is 0 Å². The Kier molecular flexibility index (Phi) is 7.80. The average molecular weight is 468 g/mol. The molecule has 0 aliphatic carbocycles. The van der Waals surface area contributed by atoms with Crippen LogP contribution >= 0.6 is 11.8 Å². The van der Waals surface area contributed by atoms with Crippen LogP contribution in [-0.4, -0.2) is 65.4 Å². The SMILES string of the molecule is COc1ccc(C(=O)[C@@H](C)Sc2nc3ccccc3c(=O)n2CCCN2CCOCC2)cc1. The second kappa shape index (κ2) is 11.0. The highest BCUT2D eigenvalue weighted by Crippen LogP contribution is 2.26. The van der Waals surface area contributed by atoms with Crippen molar-refractivity contribution in [3.8, 4) is 5.75 Å². The molecule has 8 heteroatoms. The molecule has 1 aliphatic heterocycles. The molecular weight excluding hydrogens is 438 g/mol. The molecule has 2 heterocycles. The molecule has 0 amide bonds. The van der Waals surface area contributed by atoms with Crippen molar-refractivity contribution in [3.63, 3.8) is 0 Å². The summed E-state index contributed by atoms with van der Waals surface area (Å²) in [7, 11) is 1.60. The van der Waals surface area contributed by atoms with E-state index < -0.39 is 5.25 Å². The Labute approximate surface area is 197 Å². The van der Waals surface area contributed by atoms with E-state index in [2.05, 4.69) is 4.90 Å². The van der Waals surface area contributed by atoms with Crippen LogP contribution in [0.1, 0.15) is 23.7 Å². The minimum Gasteiger partial charge on any atom is -0.497 e. The maximum Gasteiger partial charge on any atom is 0.262 e. The van der Waals surface area contributed by atoms with Crippen molar-refractivity contribution < 1.29 is 14.3 Å². The Bertz CT molecular complexity index is 1160. The van der Waals surface area contributed by atoms with Crippen LogP contribution < -0.4 is 10.3 Å². The number of hydrogen-bond acceptors (Lipinski definition) is 7. The molecule has 1 saturated heterocycles. The molecule has 33 heavy (non-hydrogen) atoms. The maximum absolute atomic E-state index is 13.3. The lowest BCUT2D eigenvalue weighted by Gasteiger charge is -2.26. The monoisotopic (exact) mass is 467 g/mol. The first-order chi connectivity index (χ1) is 16.1. The van der Waals surface area contributed by atoms with Crippen molar-refractivity contribution in [1.82, 2.24) is 14.5 Å². The second-order valence-corrected chi connectivity index (χ2v) is 9.34. The van der Waals surface area contributed by atoms with Gasteiger partial charge in [0.2, 0.25) is 0 Å². The van der Waals surface area contributed by atoms with Gasteiger partial charge in [0.05, 0.1) is 36.5 Å². The van der Waals surface area contributed by atoms with E-state index in [1.165, 1.54) is 11.8 Å². The molecular formula is C25H29N3O4S. The summed E-state index contributed by atoms with van der Waals surface area (Å²) < 4.78 is 12.3. The van der Waals surface area contributed by atoms with Crippen LogP contribution in [0.5, 0.6) is 5.75 Å². The quantitative estimate of drug-likeness (QED) is 0.271. The summed E-state index contributed by atoms with van der Waals surface area (Å²) in [4.78, 5) is 33.5. The fourth-order valence-electron chi connectivity index (χ4n) is 3.91. The number of carbonyl (C=O) groups is 1. The maximum atomic E-state index is 13.3. The number of nitrogens with zero attached hydrogens (tertiary/aromatic N) is 3. The van der Waals surface area contributed by atoms with Gasteiger partial charge in [-0.05, 0) is 49.7 Å². The van der Waals surface area contributed by atoms with Crippen LogP contribution in [0, 0.1) is 0 Å². The molecule has 3 aromatic rings. The Hall–Kier alpha value is -2.68. The van der Waals surface area contributed by atoms with E-state index >= 15 is 0 Å². The van der Waals surface area contributed by atoms with Gasteiger partial charge in [0.15, 0.2) is 10.9 Å². The first-order valence-electron chi connectivity index (χ1n) is 11.2. The van der Waals surface area contributed by atoms with Crippen LogP contribution in [0.4, 0.5) is 0 Å². The summed E-state index contributed by atoms with van der Waals surface area (Å²) >= 11 is 1.34. The molecule has 0 saturated carbocycles. The predicted molar refractivity (Wildman–Crippen MR) is 131 cm³/mol. The summed E-state index contributed by atoms with van der Waals surface area (Å²) in [5.41, 5.74) is 1.20. The van der Waals surface area contributed by atoms with E-state index in [0.29, 0.717) is 33.9 Å². The number of carbonyl (C=O) groups excluding carboxylic acids is 1. The fourth-order valence-corrected chi connectivity index (χ4v) is 4.93. The summed E-state index contributed by atoms with van der Waals surface area (Å²) in [5.74, 6) is 0.696. The van der Waals surface area contributed by atoms with Gasteiger partial charge in [-0.25, -0.2) is 4.98 Å². The van der Waals surface area contributed by atoms with Crippen LogP contribution in [0.25, 0.3) is 10.9 Å². The van der Waals surface area contributed by atoms with Crippen molar-refractivity contribution in [2.45, 2.75) is 30.3 Å². The van der Waals surface area contributed by atoms with Crippen LogP contribution in [-0.2, 0) is 11.3 Å². The number of para-hydroxylation sites is 1. The van der Waals surface area contributed by atoms with E-state index in [1.54, 1.807) is 35.9 Å². The molecule has 0 spiro atoms. The molecule has 7 nitrogen and oxygen atoms in total. The summed E-state index contributed by atoms with van der Waals surface area (Å²) in [6, 6.07) is 14.5. The molecule has 1 aliphatic rings. The van der Waals surface area contributed by atoms with Gasteiger partial charge in [-0.1, -0.05) is 23.9 Å². The number of ether oxygens (including phenoxy) is 2. The fraction of sp³-hybridized carbons (Fsp3) is 0.400. The highest BCUT2D eigenvalue weighted by molar-refractivity contribution is 8.00. The van der Waals surface area contributed by atoms with Gasteiger partial charge in [-0.3, -0.25) is 19.1 Å². The lowest BCUT2D eigenvalue weighted by atomic mass is 10.1. The molecule has 2 aromatic carbocycles. The van der Waals surface area contributed by atoms with Crippen molar-refractivity contribution >= 4 is 28.4 Å². The van der Waals surface area contributed by atoms with Gasteiger partial charge in [-0.2, -0.15) is 0 Å². The smallest absolute Gasteiger partial charge is 0.262 e. The Morgan fingerprint density at radius 3 is 2.58 bits per heavy atom. The van der Waals surface area contributed by atoms with Gasteiger partial charge in [-0.15, -0.1) is 0 Å². The molecule has 1 fully saturated rings. The third kappa shape index (κ3) is 5.63. The number of aromatic nitrogens is 2. The molecule has 0 radical (unpaired) electrons. The first-order valence-corrected chi connectivity index (χ1v) is 12.1. The average Bonchev–Trinajstić information content (AvgIpc) is 2.86. The number of hydrogen-bond donors (Lipinski definition) is 0. The molecule has 174 valence electrons. The van der Waals surface area contributed by atoms with Gasteiger partial charge in [0.25, 0.3) is 5.56 Å². The zero-order valence-corrected chi connectivity index (χ0v) is 19.8. The van der Waals surface area contributed by atoms with E-state index in [1.807, 2.05) is 31.2 Å². The van der Waals surface area contributed by atoms with E-state index in [0.717, 1.165) is 39.3 Å². The Morgan fingerprint density at radius 2 is 1.85 bits per heavy atom. The number of fused-ring (bicyclic) bond motifs is 1. The van der Waals surface area contributed by atoms with Crippen molar-refractivity contribution in [2.75, 3.05) is 40.0 Å². The van der Waals surface area contributed by atoms with E-state index in [9.17, 15) is 9.59 Å². The number of benzene rings is 2. The number of morpholine rings is 1. The number of thioether (sulfide) groups is 1. The highest BCUT2D eigenvalue weighted by atomic mass is 32.2. The number of methoxy groups -OCH3 is 1. The molecule has 1 atom stereocenters. The van der Waals surface area contributed by atoms with Crippen molar-refractivity contribution in [3.05, 3.63) is 64.4 Å². The standard InChI is InChI=1S/C25H29N3O4S/c1-18(23(29)19-8-10-20(31-2)11-9-19)33-25-26-22-7-4-3-6-21(22)24(30)28(25)13-5-12-27-14-16-32-17-15-27/h3-4,6-11,18H,5,12-17H2,1-2H3/t18-/m1/s1. The predicted octanol–water partition coefficient (Wildman–Crippen LogP) is 3.49. The molecule has 0 unspecified atom stereocenters. The first kappa shape index (κ1) is 23.5. The van der Waals surface area contributed by atoms with Crippen LogP contribution in [0.3, 0.4) is 0 Å². The van der Waals surface area contributed by atoms with E-state index in [4.69, 9.17) is 14.5 Å². The number of Topliss-reactive ketones (excluding diaryl/α,β-unsaturated/α-hetero) is 1. The third-order valence-electron chi connectivity index (χ3n) is 5.81. The molecule has 0 bridgehead atoms. The number of rotatable bonds is 9. The Morgan fingerprint density at radius 1 is 1.12 bits per heavy atom. The molecule has 1 aromatic heterocycles. The molecule has 0 N–H and O–H groups in total. The summed E-state index contributed by atoms with van der Waals surface area (Å²) in [6.07, 6.45) is 0.828. The van der Waals surface area contributed by atoms with E-state index in [-0.39, 0.29) is 11.3 Å². The minimum absolute atomic E-state index is 0.00933.